The first-order valence-corrected chi connectivity index (χ1v) is 12.3. The van der Waals surface area contributed by atoms with E-state index in [4.69, 9.17) is 5.14 Å². The highest BCUT2D eigenvalue weighted by Crippen LogP contribution is 2.34. The van der Waals surface area contributed by atoms with E-state index < -0.39 is 10.0 Å². The number of nitrogens with two attached hydrogens (primary N) is 1. The van der Waals surface area contributed by atoms with Crippen LogP contribution < -0.4 is 5.14 Å². The Bertz CT molecular complexity index is 961. The number of fused-ring (bicyclic) bond motifs is 1. The third-order valence-corrected chi connectivity index (χ3v) is 6.91. The summed E-state index contributed by atoms with van der Waals surface area (Å²) in [5.41, 5.74) is 5.48. The van der Waals surface area contributed by atoms with E-state index in [1.54, 1.807) is 6.07 Å². The van der Waals surface area contributed by atoms with Crippen LogP contribution in [0.3, 0.4) is 0 Å². The number of hydrogen-bond donors (Lipinski definition) is 1. The number of nitrogens with zero attached hydrogens (tertiary/aromatic N) is 1. The molecular formula is C24H34N2O2S. The zero-order chi connectivity index (χ0) is 21.2. The highest BCUT2D eigenvalue weighted by Gasteiger charge is 2.27. The average molecular weight is 415 g/mol. The second kappa shape index (κ2) is 8.99. The summed E-state index contributed by atoms with van der Waals surface area (Å²) in [6.45, 7) is 11.0. The van der Waals surface area contributed by atoms with E-state index in [2.05, 4.69) is 50.8 Å². The van der Waals surface area contributed by atoms with Gasteiger partial charge in [-0.2, -0.15) is 0 Å². The molecule has 4 nitrogen and oxygen atoms in total. The van der Waals surface area contributed by atoms with Gasteiger partial charge in [-0.3, -0.25) is 4.90 Å². The molecular weight excluding hydrogens is 380 g/mol. The fourth-order valence-corrected chi connectivity index (χ4v) is 5.19. The van der Waals surface area contributed by atoms with Crippen LogP contribution in [0.15, 0.2) is 41.3 Å². The van der Waals surface area contributed by atoms with E-state index in [0.717, 1.165) is 49.9 Å². The Kier molecular flexibility index (Phi) is 6.82. The molecule has 1 atom stereocenters. The van der Waals surface area contributed by atoms with Gasteiger partial charge in [0.15, 0.2) is 0 Å². The first-order valence-electron chi connectivity index (χ1n) is 10.8. The molecule has 29 heavy (non-hydrogen) atoms. The van der Waals surface area contributed by atoms with E-state index in [0.29, 0.717) is 17.5 Å². The number of sulfonamides is 1. The second-order valence-electron chi connectivity index (χ2n) is 8.54. The Morgan fingerprint density at radius 3 is 2.24 bits per heavy atom. The normalized spacial score (nSPS) is 16.6. The van der Waals surface area contributed by atoms with Gasteiger partial charge < -0.3 is 0 Å². The number of primary sulfonamides is 1. The summed E-state index contributed by atoms with van der Waals surface area (Å²) in [6.07, 6.45) is 4.43. The largest absolute Gasteiger partial charge is 0.300 e. The van der Waals surface area contributed by atoms with Crippen LogP contribution in [-0.4, -0.2) is 32.4 Å². The fraction of sp³-hybridized carbons (Fsp3) is 0.500. The van der Waals surface area contributed by atoms with Gasteiger partial charge in [0.2, 0.25) is 10.0 Å². The zero-order valence-electron chi connectivity index (χ0n) is 18.1. The van der Waals surface area contributed by atoms with Crippen molar-refractivity contribution in [3.8, 4) is 11.1 Å². The molecule has 0 fully saturated rings. The first kappa shape index (κ1) is 22.0. The molecule has 0 aliphatic heterocycles. The Morgan fingerprint density at radius 2 is 1.66 bits per heavy atom. The molecule has 2 aromatic rings. The van der Waals surface area contributed by atoms with Crippen molar-refractivity contribution >= 4 is 10.0 Å². The molecule has 0 aromatic heterocycles. The minimum atomic E-state index is -3.79. The summed E-state index contributed by atoms with van der Waals surface area (Å²) in [6, 6.07) is 12.5. The Labute approximate surface area is 176 Å². The molecule has 0 saturated heterocycles. The predicted molar refractivity (Wildman–Crippen MR) is 121 cm³/mol. The molecule has 2 N–H and O–H groups in total. The molecule has 0 unspecified atom stereocenters. The van der Waals surface area contributed by atoms with Crippen LogP contribution >= 0.6 is 0 Å². The van der Waals surface area contributed by atoms with Crippen molar-refractivity contribution in [1.82, 2.24) is 4.90 Å². The van der Waals surface area contributed by atoms with Crippen molar-refractivity contribution in [1.29, 1.82) is 0 Å². The molecule has 0 bridgehead atoms. The lowest BCUT2D eigenvalue weighted by molar-refractivity contribution is 0.202. The van der Waals surface area contributed by atoms with Gasteiger partial charge in [-0.15, -0.1) is 0 Å². The van der Waals surface area contributed by atoms with Crippen LogP contribution in [0.1, 0.15) is 63.1 Å². The molecule has 1 aliphatic rings. The van der Waals surface area contributed by atoms with Gasteiger partial charge in [0.25, 0.3) is 0 Å². The SMILES string of the molecule is CCCN(CCC)[C@@H]1Cc2ccc(-c3cc(C(C)C)ccc3S(N)(=O)=O)cc2C1. The third kappa shape index (κ3) is 4.90. The summed E-state index contributed by atoms with van der Waals surface area (Å²) in [7, 11) is -3.79. The number of rotatable bonds is 8. The zero-order valence-corrected chi connectivity index (χ0v) is 18.9. The van der Waals surface area contributed by atoms with Crippen molar-refractivity contribution in [2.24, 2.45) is 5.14 Å². The first-order chi connectivity index (χ1) is 13.7. The Morgan fingerprint density at radius 1 is 1.00 bits per heavy atom. The van der Waals surface area contributed by atoms with E-state index in [9.17, 15) is 8.42 Å². The van der Waals surface area contributed by atoms with Gasteiger partial charge in [0.05, 0.1) is 4.90 Å². The monoisotopic (exact) mass is 414 g/mol. The summed E-state index contributed by atoms with van der Waals surface area (Å²) in [5.74, 6) is 0.318. The molecule has 1 aliphatic carbocycles. The van der Waals surface area contributed by atoms with Crippen LogP contribution in [0.5, 0.6) is 0 Å². The Hall–Kier alpha value is -1.69. The minimum Gasteiger partial charge on any atom is -0.300 e. The van der Waals surface area contributed by atoms with Gasteiger partial charge in [-0.25, -0.2) is 13.6 Å². The lowest BCUT2D eigenvalue weighted by atomic mass is 9.95. The van der Waals surface area contributed by atoms with Crippen molar-refractivity contribution in [3.05, 3.63) is 53.1 Å². The molecule has 3 rings (SSSR count). The fourth-order valence-electron chi connectivity index (χ4n) is 4.45. The molecule has 2 aromatic carbocycles. The highest BCUT2D eigenvalue weighted by atomic mass is 32.2. The van der Waals surface area contributed by atoms with E-state index in [1.807, 2.05) is 12.1 Å². The van der Waals surface area contributed by atoms with Crippen LogP contribution in [-0.2, 0) is 22.9 Å². The summed E-state index contributed by atoms with van der Waals surface area (Å²) in [4.78, 5) is 2.81. The molecule has 0 amide bonds. The van der Waals surface area contributed by atoms with E-state index in [-0.39, 0.29) is 4.90 Å². The smallest absolute Gasteiger partial charge is 0.238 e. The van der Waals surface area contributed by atoms with Gasteiger partial charge >= 0.3 is 0 Å². The van der Waals surface area contributed by atoms with E-state index >= 15 is 0 Å². The standard InChI is InChI=1S/C24H34N2O2S/c1-5-11-26(12-6-2)22-14-19-7-8-20(13-21(19)15-22)23-16-18(17(3)4)9-10-24(23)29(25,27)28/h7-10,13,16-17,22H,5-6,11-12,14-15H2,1-4H3,(H2,25,27,28)/t22-/m1/s1. The quantitative estimate of drug-likeness (QED) is 0.680. The molecule has 0 radical (unpaired) electrons. The van der Waals surface area contributed by atoms with Crippen molar-refractivity contribution in [2.45, 2.75) is 70.2 Å². The average Bonchev–Trinajstić information content (AvgIpc) is 3.09. The second-order valence-corrected chi connectivity index (χ2v) is 10.1. The molecule has 158 valence electrons. The van der Waals surface area contributed by atoms with Crippen LogP contribution in [0.25, 0.3) is 11.1 Å². The Balaban J connectivity index is 1.98. The molecule has 0 heterocycles. The molecule has 0 spiro atoms. The van der Waals surface area contributed by atoms with Crippen LogP contribution in [0.4, 0.5) is 0 Å². The van der Waals surface area contributed by atoms with Crippen LogP contribution in [0, 0.1) is 0 Å². The van der Waals surface area contributed by atoms with Crippen molar-refractivity contribution < 1.29 is 8.42 Å². The maximum Gasteiger partial charge on any atom is 0.238 e. The maximum absolute atomic E-state index is 12.2. The van der Waals surface area contributed by atoms with Crippen LogP contribution in [0.2, 0.25) is 0 Å². The predicted octanol–water partition coefficient (Wildman–Crippen LogP) is 4.71. The summed E-state index contributed by atoms with van der Waals surface area (Å²) in [5, 5.41) is 5.53. The lowest BCUT2D eigenvalue weighted by Crippen LogP contribution is -2.37. The van der Waals surface area contributed by atoms with Gasteiger partial charge in [-0.05, 0) is 79.1 Å². The van der Waals surface area contributed by atoms with Gasteiger partial charge in [0.1, 0.15) is 0 Å². The van der Waals surface area contributed by atoms with Crippen molar-refractivity contribution in [3.63, 3.8) is 0 Å². The van der Waals surface area contributed by atoms with Gasteiger partial charge in [0, 0.05) is 11.6 Å². The number of benzene rings is 2. The van der Waals surface area contributed by atoms with Gasteiger partial charge in [-0.1, -0.05) is 52.0 Å². The molecule has 5 heteroatoms. The maximum atomic E-state index is 12.2. The lowest BCUT2D eigenvalue weighted by Gasteiger charge is -2.27. The minimum absolute atomic E-state index is 0.204. The molecule has 0 saturated carbocycles. The highest BCUT2D eigenvalue weighted by molar-refractivity contribution is 7.89. The van der Waals surface area contributed by atoms with Crippen molar-refractivity contribution in [2.75, 3.05) is 13.1 Å². The summed E-state index contributed by atoms with van der Waals surface area (Å²) >= 11 is 0. The topological polar surface area (TPSA) is 63.4 Å². The number of hydrogen-bond acceptors (Lipinski definition) is 3. The van der Waals surface area contributed by atoms with E-state index in [1.165, 1.54) is 11.1 Å². The third-order valence-electron chi connectivity index (χ3n) is 5.94. The summed E-state index contributed by atoms with van der Waals surface area (Å²) < 4.78 is 24.4.